The first kappa shape index (κ1) is 18.7. The number of aromatic amines is 1. The van der Waals surface area contributed by atoms with Crippen LogP contribution in [0.4, 0.5) is 0 Å². The monoisotopic (exact) mass is 393 g/mol. The first-order valence-electron chi connectivity index (χ1n) is 9.37. The molecule has 0 saturated heterocycles. The maximum Gasteiger partial charge on any atom is 0.251 e. The molecule has 0 aliphatic carbocycles. The lowest BCUT2D eigenvalue weighted by atomic mass is 9.96. The summed E-state index contributed by atoms with van der Waals surface area (Å²) in [5.74, 6) is 0.698. The van der Waals surface area contributed by atoms with Crippen LogP contribution in [0.3, 0.4) is 0 Å². The zero-order chi connectivity index (χ0) is 19.3. The van der Waals surface area contributed by atoms with E-state index in [1.165, 1.54) is 11.1 Å². The van der Waals surface area contributed by atoms with Gasteiger partial charge in [-0.15, -0.1) is 16.9 Å². The average molecular weight is 394 g/mol. The molecule has 1 aliphatic heterocycles. The molecule has 0 radical (unpaired) electrons. The molecule has 2 N–H and O–H groups in total. The smallest absolute Gasteiger partial charge is 0.251 e. The number of carbonyl (C=O) groups excluding carboxylic acids is 1. The molecule has 1 amide bonds. The van der Waals surface area contributed by atoms with Crippen molar-refractivity contribution in [3.8, 4) is 0 Å². The number of benzene rings is 2. The van der Waals surface area contributed by atoms with Crippen molar-refractivity contribution in [1.29, 1.82) is 0 Å². The van der Waals surface area contributed by atoms with Gasteiger partial charge < -0.3 is 10.2 Å². The lowest BCUT2D eigenvalue weighted by Crippen LogP contribution is -2.25. The van der Waals surface area contributed by atoms with E-state index < -0.39 is 0 Å². The van der Waals surface area contributed by atoms with Crippen LogP contribution in [0.25, 0.3) is 16.3 Å². The number of hydrogen-bond acceptors (Lipinski definition) is 5. The molecular formula is C21H23N5OS. The van der Waals surface area contributed by atoms with Crippen molar-refractivity contribution in [3.63, 3.8) is 0 Å². The predicted octanol–water partition coefficient (Wildman–Crippen LogP) is 3.20. The van der Waals surface area contributed by atoms with E-state index in [1.807, 2.05) is 18.2 Å². The largest absolute Gasteiger partial charge is 0.351 e. The Morgan fingerprint density at radius 2 is 2.11 bits per heavy atom. The van der Waals surface area contributed by atoms with Crippen molar-refractivity contribution in [2.75, 3.05) is 32.4 Å². The molecule has 1 aliphatic rings. The fourth-order valence-electron chi connectivity index (χ4n) is 3.30. The van der Waals surface area contributed by atoms with Crippen LogP contribution in [0.1, 0.15) is 22.3 Å². The van der Waals surface area contributed by atoms with Crippen molar-refractivity contribution < 1.29 is 4.79 Å². The Labute approximate surface area is 168 Å². The molecule has 0 unspecified atom stereocenters. The zero-order valence-corrected chi connectivity index (χ0v) is 16.6. The van der Waals surface area contributed by atoms with E-state index in [1.54, 1.807) is 18.0 Å². The highest BCUT2D eigenvalue weighted by Crippen LogP contribution is 2.26. The van der Waals surface area contributed by atoms with Gasteiger partial charge >= 0.3 is 0 Å². The third kappa shape index (κ3) is 4.43. The van der Waals surface area contributed by atoms with Gasteiger partial charge in [-0.3, -0.25) is 4.79 Å². The minimum absolute atomic E-state index is 0.0512. The van der Waals surface area contributed by atoms with Gasteiger partial charge in [0.05, 0.1) is 6.20 Å². The van der Waals surface area contributed by atoms with Gasteiger partial charge in [-0.2, -0.15) is 10.3 Å². The van der Waals surface area contributed by atoms with Crippen LogP contribution >= 0.6 is 11.8 Å². The Kier molecular flexibility index (Phi) is 5.73. The first-order valence-corrected chi connectivity index (χ1v) is 10.4. The summed E-state index contributed by atoms with van der Waals surface area (Å²) in [6.07, 6.45) is 5.06. The number of aromatic nitrogens is 3. The van der Waals surface area contributed by atoms with Gasteiger partial charge in [0.1, 0.15) is 5.03 Å². The lowest BCUT2D eigenvalue weighted by Gasteiger charge is -2.22. The van der Waals surface area contributed by atoms with E-state index in [2.05, 4.69) is 57.0 Å². The molecule has 4 rings (SSSR count). The molecule has 0 fully saturated rings. The van der Waals surface area contributed by atoms with Crippen LogP contribution in [0.2, 0.25) is 0 Å². The summed E-state index contributed by atoms with van der Waals surface area (Å²) >= 11 is 1.55. The number of amides is 1. The van der Waals surface area contributed by atoms with Gasteiger partial charge in [-0.05, 0) is 53.6 Å². The van der Waals surface area contributed by atoms with Gasteiger partial charge in [-0.1, -0.05) is 24.3 Å². The van der Waals surface area contributed by atoms with E-state index in [-0.39, 0.29) is 5.91 Å². The second-order valence-electron chi connectivity index (χ2n) is 6.93. The number of H-pyrrole nitrogens is 1. The van der Waals surface area contributed by atoms with Gasteiger partial charge in [0.2, 0.25) is 0 Å². The van der Waals surface area contributed by atoms with Gasteiger partial charge in [0, 0.05) is 31.0 Å². The van der Waals surface area contributed by atoms with E-state index in [0.717, 1.165) is 41.1 Å². The Hall–Kier alpha value is -2.64. The highest BCUT2D eigenvalue weighted by molar-refractivity contribution is 7.99. The van der Waals surface area contributed by atoms with Crippen molar-refractivity contribution in [2.45, 2.75) is 11.4 Å². The molecule has 0 bridgehead atoms. The molecule has 0 spiro atoms. The number of rotatable bonds is 6. The summed E-state index contributed by atoms with van der Waals surface area (Å²) in [6.45, 7) is 2.68. The van der Waals surface area contributed by atoms with Crippen LogP contribution in [0.15, 0.2) is 53.7 Å². The maximum atomic E-state index is 12.4. The molecule has 0 saturated carbocycles. The zero-order valence-electron chi connectivity index (χ0n) is 15.8. The van der Waals surface area contributed by atoms with Crippen LogP contribution < -0.4 is 5.32 Å². The molecule has 1 aromatic heterocycles. The number of thioether (sulfide) groups is 1. The molecule has 28 heavy (non-hydrogen) atoms. The lowest BCUT2D eigenvalue weighted by molar-refractivity contribution is 0.0956. The second kappa shape index (κ2) is 8.58. The first-order chi connectivity index (χ1) is 13.7. The van der Waals surface area contributed by atoms with Crippen molar-refractivity contribution >= 4 is 34.0 Å². The fraction of sp³-hybridized carbons (Fsp3) is 0.286. The molecule has 0 atom stereocenters. The van der Waals surface area contributed by atoms with Crippen LogP contribution in [0, 0.1) is 0 Å². The number of nitrogens with zero attached hydrogens (tertiary/aromatic N) is 3. The molecule has 3 aromatic rings. The minimum atomic E-state index is -0.0512. The molecule has 2 aromatic carbocycles. The summed E-state index contributed by atoms with van der Waals surface area (Å²) in [5.41, 5.74) is 3.37. The van der Waals surface area contributed by atoms with Crippen LogP contribution in [-0.4, -0.2) is 58.7 Å². The minimum Gasteiger partial charge on any atom is -0.351 e. The third-order valence-corrected chi connectivity index (χ3v) is 5.82. The van der Waals surface area contributed by atoms with Gasteiger partial charge in [0.15, 0.2) is 0 Å². The Balaban J connectivity index is 1.40. The average Bonchev–Trinajstić information content (AvgIpc) is 3.24. The maximum absolute atomic E-state index is 12.4. The summed E-state index contributed by atoms with van der Waals surface area (Å²) in [6, 6.07) is 12.4. The Morgan fingerprint density at radius 1 is 1.25 bits per heavy atom. The highest BCUT2D eigenvalue weighted by Gasteiger charge is 2.11. The summed E-state index contributed by atoms with van der Waals surface area (Å²) in [7, 11) is 2.15. The summed E-state index contributed by atoms with van der Waals surface area (Å²) in [5, 5.41) is 16.4. The SMILES string of the molecule is CN1CC=C(c2ccc3cc(C(=O)NCCSc4cn[nH]n4)ccc3c2)CC1. The molecule has 7 heteroatoms. The molecule has 2 heterocycles. The molecule has 144 valence electrons. The number of fused-ring (bicyclic) bond motifs is 1. The van der Waals surface area contributed by atoms with E-state index >= 15 is 0 Å². The highest BCUT2D eigenvalue weighted by atomic mass is 32.2. The normalized spacial score (nSPS) is 14.8. The van der Waals surface area contributed by atoms with Gasteiger partial charge in [0.25, 0.3) is 5.91 Å². The van der Waals surface area contributed by atoms with Crippen molar-refractivity contribution in [1.82, 2.24) is 25.6 Å². The third-order valence-electron chi connectivity index (χ3n) is 4.92. The van der Waals surface area contributed by atoms with E-state index in [9.17, 15) is 4.79 Å². The Bertz CT molecular complexity index is 999. The fourth-order valence-corrected chi connectivity index (χ4v) is 3.95. The number of carbonyl (C=O) groups is 1. The number of likely N-dealkylation sites (N-methyl/N-ethyl adjacent to an activating group) is 1. The summed E-state index contributed by atoms with van der Waals surface area (Å²) in [4.78, 5) is 14.7. The molecular weight excluding hydrogens is 370 g/mol. The van der Waals surface area contributed by atoms with E-state index in [4.69, 9.17) is 0 Å². The Morgan fingerprint density at radius 3 is 2.89 bits per heavy atom. The van der Waals surface area contributed by atoms with E-state index in [0.29, 0.717) is 12.1 Å². The topological polar surface area (TPSA) is 73.9 Å². The standard InChI is InChI=1S/C21H23N5OS/c1-26-9-6-15(7-10-26)16-2-3-18-13-19(5-4-17(18)12-16)21(27)22-8-11-28-20-14-23-25-24-20/h2-6,12-14H,7-11H2,1H3,(H,22,27)(H,23,24,25). The van der Waals surface area contributed by atoms with Crippen molar-refractivity contribution in [3.05, 3.63) is 59.8 Å². The van der Waals surface area contributed by atoms with Crippen LogP contribution in [0.5, 0.6) is 0 Å². The number of nitrogens with one attached hydrogen (secondary N) is 2. The molecule has 6 nitrogen and oxygen atoms in total. The predicted molar refractivity (Wildman–Crippen MR) is 113 cm³/mol. The van der Waals surface area contributed by atoms with Crippen molar-refractivity contribution in [2.24, 2.45) is 0 Å². The van der Waals surface area contributed by atoms with Gasteiger partial charge in [-0.25, -0.2) is 0 Å². The second-order valence-corrected chi connectivity index (χ2v) is 8.05. The van der Waals surface area contributed by atoms with Crippen LogP contribution in [-0.2, 0) is 0 Å². The quantitative estimate of drug-likeness (QED) is 0.497. The summed E-state index contributed by atoms with van der Waals surface area (Å²) < 4.78 is 0. The number of hydrogen-bond donors (Lipinski definition) is 2.